The highest BCUT2D eigenvalue weighted by Gasteiger charge is 2.09. The molecule has 0 unspecified atom stereocenters. The second kappa shape index (κ2) is 3.57. The summed E-state index contributed by atoms with van der Waals surface area (Å²) in [7, 11) is 0. The number of hydrogen-bond donors (Lipinski definition) is 0. The molecular weight excluding hydrogens is 144 g/mol. The van der Waals surface area contributed by atoms with Crippen LogP contribution in [-0.2, 0) is 0 Å². The monoisotopic (exact) mass is 158 g/mol. The average Bonchev–Trinajstić information content (AvgIpc) is 2.21. The van der Waals surface area contributed by atoms with E-state index in [9.17, 15) is 0 Å². The van der Waals surface area contributed by atoms with Gasteiger partial charge in [-0.25, -0.2) is 0 Å². The molecule has 2 rings (SSSR count). The Kier molecular flexibility index (Phi) is 2.26. The third-order valence-corrected chi connectivity index (χ3v) is 2.48. The predicted molar refractivity (Wildman–Crippen MR) is 52.2 cm³/mol. The summed E-state index contributed by atoms with van der Waals surface area (Å²) in [6.45, 7) is 0. The van der Waals surface area contributed by atoms with Gasteiger partial charge in [-0.1, -0.05) is 42.5 Å². The Bertz CT molecular complexity index is 259. The standard InChI is InChI=1S/C12H14/c1-3-7-11(8-4-1)12-9-5-2-6-10-12/h1,3-5,7-9,12H,2,6,10H2/t12-/m1/s1. The van der Waals surface area contributed by atoms with E-state index >= 15 is 0 Å². The molecule has 0 aromatic heterocycles. The van der Waals surface area contributed by atoms with Crippen molar-refractivity contribution in [3.05, 3.63) is 48.0 Å². The van der Waals surface area contributed by atoms with Gasteiger partial charge in [-0.2, -0.15) is 0 Å². The van der Waals surface area contributed by atoms with Gasteiger partial charge in [-0.05, 0) is 24.8 Å². The van der Waals surface area contributed by atoms with Gasteiger partial charge in [-0.3, -0.25) is 0 Å². The molecule has 0 radical (unpaired) electrons. The zero-order valence-corrected chi connectivity index (χ0v) is 7.24. The van der Waals surface area contributed by atoms with Crippen molar-refractivity contribution in [1.29, 1.82) is 0 Å². The summed E-state index contributed by atoms with van der Waals surface area (Å²) >= 11 is 0. The van der Waals surface area contributed by atoms with Crippen LogP contribution < -0.4 is 0 Å². The molecule has 0 heterocycles. The lowest BCUT2D eigenvalue weighted by atomic mass is 9.89. The van der Waals surface area contributed by atoms with Gasteiger partial charge in [-0.15, -0.1) is 0 Å². The third-order valence-electron chi connectivity index (χ3n) is 2.48. The lowest BCUT2D eigenvalue weighted by molar-refractivity contribution is 0.654. The van der Waals surface area contributed by atoms with Crippen molar-refractivity contribution >= 4 is 0 Å². The van der Waals surface area contributed by atoms with Crippen LogP contribution >= 0.6 is 0 Å². The molecule has 0 aliphatic heterocycles. The highest BCUT2D eigenvalue weighted by Crippen LogP contribution is 2.26. The summed E-state index contributed by atoms with van der Waals surface area (Å²) in [5.74, 6) is 0.681. The van der Waals surface area contributed by atoms with E-state index in [0.717, 1.165) is 0 Å². The van der Waals surface area contributed by atoms with Crippen LogP contribution in [0.3, 0.4) is 0 Å². The topological polar surface area (TPSA) is 0 Å². The number of allylic oxidation sites excluding steroid dienone is 2. The van der Waals surface area contributed by atoms with E-state index < -0.39 is 0 Å². The highest BCUT2D eigenvalue weighted by atomic mass is 14.1. The van der Waals surface area contributed by atoms with Crippen molar-refractivity contribution in [3.63, 3.8) is 0 Å². The molecule has 0 fully saturated rings. The SMILES string of the molecule is C1=C[C@@H](c2ccccc2)CCC1. The van der Waals surface area contributed by atoms with Gasteiger partial charge in [0.25, 0.3) is 0 Å². The maximum absolute atomic E-state index is 2.35. The molecule has 1 aromatic rings. The van der Waals surface area contributed by atoms with Crippen LogP contribution in [0.1, 0.15) is 30.7 Å². The third kappa shape index (κ3) is 1.58. The molecule has 12 heavy (non-hydrogen) atoms. The van der Waals surface area contributed by atoms with E-state index in [1.807, 2.05) is 0 Å². The normalized spacial score (nSPS) is 22.5. The minimum atomic E-state index is 0.681. The molecule has 1 aliphatic carbocycles. The van der Waals surface area contributed by atoms with Crippen molar-refractivity contribution in [2.45, 2.75) is 25.2 Å². The van der Waals surface area contributed by atoms with Crippen molar-refractivity contribution < 1.29 is 0 Å². The molecule has 0 nitrogen and oxygen atoms in total. The Hall–Kier alpha value is -1.04. The number of rotatable bonds is 1. The van der Waals surface area contributed by atoms with Crippen molar-refractivity contribution in [2.24, 2.45) is 0 Å². The summed E-state index contributed by atoms with van der Waals surface area (Å²) in [5.41, 5.74) is 1.47. The number of benzene rings is 1. The minimum Gasteiger partial charge on any atom is -0.0879 e. The van der Waals surface area contributed by atoms with Gasteiger partial charge in [0.15, 0.2) is 0 Å². The van der Waals surface area contributed by atoms with Crippen LogP contribution in [-0.4, -0.2) is 0 Å². The molecule has 0 spiro atoms. The molecule has 1 aromatic carbocycles. The second-order valence-corrected chi connectivity index (χ2v) is 3.38. The predicted octanol–water partition coefficient (Wildman–Crippen LogP) is 3.51. The zero-order valence-electron chi connectivity index (χ0n) is 7.24. The quantitative estimate of drug-likeness (QED) is 0.549. The summed E-state index contributed by atoms with van der Waals surface area (Å²) in [6, 6.07) is 10.8. The fraction of sp³-hybridized carbons (Fsp3) is 0.333. The molecule has 0 heteroatoms. The Morgan fingerprint density at radius 3 is 2.58 bits per heavy atom. The fourth-order valence-corrected chi connectivity index (χ4v) is 1.79. The molecule has 1 aliphatic rings. The summed E-state index contributed by atoms with van der Waals surface area (Å²) in [4.78, 5) is 0. The first-order valence-electron chi connectivity index (χ1n) is 4.68. The molecule has 0 saturated carbocycles. The smallest absolute Gasteiger partial charge is 0.00180 e. The Morgan fingerprint density at radius 1 is 1.08 bits per heavy atom. The van der Waals surface area contributed by atoms with Crippen LogP contribution in [0.4, 0.5) is 0 Å². The van der Waals surface area contributed by atoms with Crippen LogP contribution in [0.15, 0.2) is 42.5 Å². The summed E-state index contributed by atoms with van der Waals surface area (Å²) in [5, 5.41) is 0. The van der Waals surface area contributed by atoms with Gasteiger partial charge in [0, 0.05) is 5.92 Å². The van der Waals surface area contributed by atoms with E-state index in [0.29, 0.717) is 5.92 Å². The van der Waals surface area contributed by atoms with Crippen LogP contribution in [0, 0.1) is 0 Å². The van der Waals surface area contributed by atoms with Gasteiger partial charge in [0.2, 0.25) is 0 Å². The lowest BCUT2D eigenvalue weighted by Crippen LogP contribution is -1.98. The van der Waals surface area contributed by atoms with Crippen molar-refractivity contribution in [2.75, 3.05) is 0 Å². The van der Waals surface area contributed by atoms with Crippen LogP contribution in [0.25, 0.3) is 0 Å². The van der Waals surface area contributed by atoms with E-state index in [-0.39, 0.29) is 0 Å². The van der Waals surface area contributed by atoms with Gasteiger partial charge < -0.3 is 0 Å². The average molecular weight is 158 g/mol. The first-order valence-corrected chi connectivity index (χ1v) is 4.68. The molecule has 0 bridgehead atoms. The van der Waals surface area contributed by atoms with Crippen LogP contribution in [0.2, 0.25) is 0 Å². The van der Waals surface area contributed by atoms with E-state index in [4.69, 9.17) is 0 Å². The largest absolute Gasteiger partial charge is 0.0879 e. The Morgan fingerprint density at radius 2 is 1.92 bits per heavy atom. The van der Waals surface area contributed by atoms with Crippen molar-refractivity contribution in [3.8, 4) is 0 Å². The van der Waals surface area contributed by atoms with Gasteiger partial charge in [0.05, 0.1) is 0 Å². The summed E-state index contributed by atoms with van der Waals surface area (Å²) < 4.78 is 0. The van der Waals surface area contributed by atoms with Gasteiger partial charge >= 0.3 is 0 Å². The molecular formula is C12H14. The first kappa shape index (κ1) is 7.60. The Labute approximate surface area is 73.9 Å². The van der Waals surface area contributed by atoms with Crippen LogP contribution in [0.5, 0.6) is 0 Å². The maximum atomic E-state index is 2.35. The highest BCUT2D eigenvalue weighted by molar-refractivity contribution is 5.24. The fourth-order valence-electron chi connectivity index (χ4n) is 1.79. The second-order valence-electron chi connectivity index (χ2n) is 3.38. The molecule has 0 amide bonds. The zero-order chi connectivity index (χ0) is 8.23. The molecule has 0 N–H and O–H groups in total. The maximum Gasteiger partial charge on any atom is 0.00180 e. The number of hydrogen-bond acceptors (Lipinski definition) is 0. The molecule has 1 atom stereocenters. The van der Waals surface area contributed by atoms with E-state index in [2.05, 4.69) is 42.5 Å². The molecule has 0 saturated heterocycles. The Balaban J connectivity index is 2.19. The lowest BCUT2D eigenvalue weighted by Gasteiger charge is -2.16. The minimum absolute atomic E-state index is 0.681. The van der Waals surface area contributed by atoms with Crippen molar-refractivity contribution in [1.82, 2.24) is 0 Å². The first-order chi connectivity index (χ1) is 5.97. The van der Waals surface area contributed by atoms with Gasteiger partial charge in [0.1, 0.15) is 0 Å². The molecule has 62 valence electrons. The summed E-state index contributed by atoms with van der Waals surface area (Å²) in [6.07, 6.45) is 8.58. The van der Waals surface area contributed by atoms with E-state index in [1.54, 1.807) is 0 Å². The van der Waals surface area contributed by atoms with E-state index in [1.165, 1.54) is 24.8 Å².